The molecule has 2 heterocycles. The van der Waals surface area contributed by atoms with Gasteiger partial charge in [-0.15, -0.1) is 0 Å². The lowest BCUT2D eigenvalue weighted by Crippen LogP contribution is -2.34. The molecule has 1 aromatic rings. The molecule has 0 aliphatic carbocycles. The molecule has 1 unspecified atom stereocenters. The number of aryl methyl sites for hydroxylation is 2. The quantitative estimate of drug-likeness (QED) is 0.663. The van der Waals surface area contributed by atoms with Crippen molar-refractivity contribution in [3.05, 3.63) is 23.2 Å². The molecule has 1 aliphatic rings. The van der Waals surface area contributed by atoms with E-state index in [1.54, 1.807) is 0 Å². The number of rotatable bonds is 1. The Labute approximate surface area is 66.6 Å². The first-order valence-electron chi connectivity index (χ1n) is 4.07. The van der Waals surface area contributed by atoms with E-state index in [2.05, 4.69) is 18.3 Å². The predicted molar refractivity (Wildman–Crippen MR) is 43.5 cm³/mol. The van der Waals surface area contributed by atoms with E-state index in [0.717, 1.165) is 18.1 Å². The fourth-order valence-electron chi connectivity index (χ4n) is 1.31. The van der Waals surface area contributed by atoms with Crippen LogP contribution in [-0.4, -0.2) is 6.54 Å². The Kier molecular flexibility index (Phi) is 1.50. The fraction of sp³-hybridized carbons (Fsp3) is 0.556. The molecule has 0 bridgehead atoms. The zero-order valence-corrected chi connectivity index (χ0v) is 6.98. The predicted octanol–water partition coefficient (Wildman–Crippen LogP) is 1.93. The molecule has 1 saturated heterocycles. The van der Waals surface area contributed by atoms with Crippen LogP contribution in [-0.2, 0) is 0 Å². The molecule has 0 spiro atoms. The van der Waals surface area contributed by atoms with Crippen LogP contribution in [0.2, 0.25) is 0 Å². The van der Waals surface area contributed by atoms with Crippen molar-refractivity contribution < 1.29 is 4.42 Å². The van der Waals surface area contributed by atoms with E-state index in [1.807, 2.05) is 6.92 Å². The summed E-state index contributed by atoms with van der Waals surface area (Å²) in [5, 5.41) is 3.31. The number of hydrogen-bond donors (Lipinski definition) is 1. The van der Waals surface area contributed by atoms with Crippen molar-refractivity contribution in [3.63, 3.8) is 0 Å². The average Bonchev–Trinajstić information content (AvgIpc) is 2.08. The fourth-order valence-corrected chi connectivity index (χ4v) is 1.31. The van der Waals surface area contributed by atoms with Gasteiger partial charge in [0.2, 0.25) is 0 Å². The average molecular weight is 151 g/mol. The Morgan fingerprint density at radius 1 is 1.55 bits per heavy atom. The van der Waals surface area contributed by atoms with Crippen LogP contribution >= 0.6 is 0 Å². The molecular formula is C9H13NO. The minimum absolute atomic E-state index is 0.488. The van der Waals surface area contributed by atoms with E-state index in [-0.39, 0.29) is 0 Å². The van der Waals surface area contributed by atoms with Gasteiger partial charge >= 0.3 is 0 Å². The highest BCUT2D eigenvalue weighted by Crippen LogP contribution is 2.26. The Morgan fingerprint density at radius 2 is 2.27 bits per heavy atom. The van der Waals surface area contributed by atoms with Crippen molar-refractivity contribution in [1.82, 2.24) is 5.32 Å². The zero-order chi connectivity index (χ0) is 7.84. The molecule has 2 nitrogen and oxygen atoms in total. The summed E-state index contributed by atoms with van der Waals surface area (Å²) in [6.07, 6.45) is 1.21. The normalized spacial score (nSPS) is 23.3. The minimum atomic E-state index is 0.488. The van der Waals surface area contributed by atoms with Crippen LogP contribution in [0, 0.1) is 13.8 Å². The molecule has 1 atom stereocenters. The van der Waals surface area contributed by atoms with Gasteiger partial charge in [-0.2, -0.15) is 0 Å². The van der Waals surface area contributed by atoms with Gasteiger partial charge < -0.3 is 9.73 Å². The van der Waals surface area contributed by atoms with Crippen LogP contribution in [0.3, 0.4) is 0 Å². The van der Waals surface area contributed by atoms with Gasteiger partial charge in [0.1, 0.15) is 11.5 Å². The lowest BCUT2D eigenvalue weighted by molar-refractivity contribution is 0.314. The second kappa shape index (κ2) is 2.38. The van der Waals surface area contributed by atoms with Crippen molar-refractivity contribution in [2.75, 3.05) is 6.54 Å². The van der Waals surface area contributed by atoms with Crippen LogP contribution in [0.5, 0.6) is 0 Å². The van der Waals surface area contributed by atoms with E-state index in [4.69, 9.17) is 4.42 Å². The Hall–Kier alpha value is -0.760. The summed E-state index contributed by atoms with van der Waals surface area (Å²) < 4.78 is 5.56. The monoisotopic (exact) mass is 151 g/mol. The molecule has 2 rings (SSSR count). The summed E-state index contributed by atoms with van der Waals surface area (Å²) in [5.74, 6) is 2.15. The van der Waals surface area contributed by atoms with Gasteiger partial charge in [-0.3, -0.25) is 0 Å². The van der Waals surface area contributed by atoms with Crippen molar-refractivity contribution in [1.29, 1.82) is 0 Å². The Bertz CT molecular complexity index is 241. The van der Waals surface area contributed by atoms with Crippen LogP contribution in [0.25, 0.3) is 0 Å². The van der Waals surface area contributed by atoms with E-state index in [1.165, 1.54) is 12.0 Å². The van der Waals surface area contributed by atoms with Gasteiger partial charge in [-0.1, -0.05) is 0 Å². The third kappa shape index (κ3) is 1.07. The third-order valence-corrected chi connectivity index (χ3v) is 2.35. The van der Waals surface area contributed by atoms with E-state index < -0.39 is 0 Å². The summed E-state index contributed by atoms with van der Waals surface area (Å²) in [7, 11) is 0. The lowest BCUT2D eigenvalue weighted by Gasteiger charge is -2.25. The summed E-state index contributed by atoms with van der Waals surface area (Å²) in [4.78, 5) is 0. The summed E-state index contributed by atoms with van der Waals surface area (Å²) in [6, 6.07) is 2.62. The second-order valence-corrected chi connectivity index (χ2v) is 3.18. The van der Waals surface area contributed by atoms with Gasteiger partial charge in [0, 0.05) is 0 Å². The largest absolute Gasteiger partial charge is 0.464 e. The standard InChI is InChI=1S/C9H13NO/c1-6-5-9(11-7(6)2)8-3-4-10-8/h5,8,10H,3-4H2,1-2H3. The van der Waals surface area contributed by atoms with Crippen molar-refractivity contribution in [2.45, 2.75) is 26.3 Å². The van der Waals surface area contributed by atoms with Crippen molar-refractivity contribution in [3.8, 4) is 0 Å². The van der Waals surface area contributed by atoms with Gasteiger partial charge in [-0.05, 0) is 38.4 Å². The second-order valence-electron chi connectivity index (χ2n) is 3.18. The maximum Gasteiger partial charge on any atom is 0.121 e. The SMILES string of the molecule is Cc1cc(C2CCN2)oc1C. The molecule has 60 valence electrons. The molecule has 1 fully saturated rings. The van der Waals surface area contributed by atoms with Gasteiger partial charge in [0.05, 0.1) is 6.04 Å². The van der Waals surface area contributed by atoms with Crippen LogP contribution in [0.4, 0.5) is 0 Å². The first-order valence-corrected chi connectivity index (χ1v) is 4.07. The number of hydrogen-bond acceptors (Lipinski definition) is 2. The summed E-state index contributed by atoms with van der Waals surface area (Å²) in [5.41, 5.74) is 1.26. The van der Waals surface area contributed by atoms with Gasteiger partial charge in [-0.25, -0.2) is 0 Å². The van der Waals surface area contributed by atoms with Crippen molar-refractivity contribution in [2.24, 2.45) is 0 Å². The van der Waals surface area contributed by atoms with Gasteiger partial charge in [0.25, 0.3) is 0 Å². The summed E-state index contributed by atoms with van der Waals surface area (Å²) in [6.45, 7) is 5.22. The lowest BCUT2D eigenvalue weighted by atomic mass is 10.0. The smallest absolute Gasteiger partial charge is 0.121 e. The highest BCUT2D eigenvalue weighted by molar-refractivity contribution is 5.21. The van der Waals surface area contributed by atoms with E-state index >= 15 is 0 Å². The maximum absolute atomic E-state index is 5.56. The van der Waals surface area contributed by atoms with Gasteiger partial charge in [0.15, 0.2) is 0 Å². The third-order valence-electron chi connectivity index (χ3n) is 2.35. The van der Waals surface area contributed by atoms with Crippen LogP contribution in [0.15, 0.2) is 10.5 Å². The molecule has 2 heteroatoms. The van der Waals surface area contributed by atoms with E-state index in [9.17, 15) is 0 Å². The highest BCUT2D eigenvalue weighted by Gasteiger charge is 2.21. The highest BCUT2D eigenvalue weighted by atomic mass is 16.3. The molecule has 1 N–H and O–H groups in total. The molecule has 1 aliphatic heterocycles. The Morgan fingerprint density at radius 3 is 2.64 bits per heavy atom. The molecule has 0 aromatic carbocycles. The minimum Gasteiger partial charge on any atom is -0.464 e. The topological polar surface area (TPSA) is 25.2 Å². The molecule has 0 saturated carbocycles. The van der Waals surface area contributed by atoms with Crippen LogP contribution in [0.1, 0.15) is 29.5 Å². The van der Waals surface area contributed by atoms with Crippen LogP contribution < -0.4 is 5.32 Å². The number of nitrogens with one attached hydrogen (secondary N) is 1. The molecule has 1 aromatic heterocycles. The van der Waals surface area contributed by atoms with E-state index in [0.29, 0.717) is 6.04 Å². The Balaban J connectivity index is 2.24. The molecule has 11 heavy (non-hydrogen) atoms. The summed E-state index contributed by atoms with van der Waals surface area (Å²) >= 11 is 0. The molecular weight excluding hydrogens is 138 g/mol. The maximum atomic E-state index is 5.56. The first-order chi connectivity index (χ1) is 5.27. The number of furan rings is 1. The molecule has 0 radical (unpaired) electrons. The van der Waals surface area contributed by atoms with Crippen molar-refractivity contribution >= 4 is 0 Å². The first kappa shape index (κ1) is 6.92. The molecule has 0 amide bonds. The zero-order valence-electron chi connectivity index (χ0n) is 6.98.